The summed E-state index contributed by atoms with van der Waals surface area (Å²) in [5.74, 6) is 0.677. The molecule has 0 aliphatic heterocycles. The largest absolute Gasteiger partial charge is 0.378 e. The van der Waals surface area contributed by atoms with E-state index in [4.69, 9.17) is 4.52 Å². The Labute approximate surface area is 110 Å². The molecule has 0 amide bonds. The summed E-state index contributed by atoms with van der Waals surface area (Å²) < 4.78 is 5.12. The van der Waals surface area contributed by atoms with Gasteiger partial charge in [-0.15, -0.1) is 0 Å². The molecule has 19 heavy (non-hydrogen) atoms. The van der Waals surface area contributed by atoms with E-state index in [1.807, 2.05) is 60.7 Å². The topological polar surface area (TPSA) is 59.2 Å². The highest BCUT2D eigenvalue weighted by Crippen LogP contribution is 2.22. The average Bonchev–Trinajstić information content (AvgIpc) is 2.98. The molecule has 2 aromatic carbocycles. The Hall–Kier alpha value is -2.46. The first-order chi connectivity index (χ1) is 9.34. The molecule has 0 fully saturated rings. The quantitative estimate of drug-likeness (QED) is 0.778. The van der Waals surface area contributed by atoms with Gasteiger partial charge in [-0.2, -0.15) is 4.98 Å². The van der Waals surface area contributed by atoms with Gasteiger partial charge in [0.05, 0.1) is 0 Å². The highest BCUT2D eigenvalue weighted by Gasteiger charge is 2.18. The van der Waals surface area contributed by atoms with Crippen molar-refractivity contribution in [2.75, 3.05) is 0 Å². The van der Waals surface area contributed by atoms with Crippen molar-refractivity contribution in [2.45, 2.75) is 6.10 Å². The van der Waals surface area contributed by atoms with Crippen LogP contribution in [0.25, 0.3) is 11.4 Å². The van der Waals surface area contributed by atoms with Crippen LogP contribution in [-0.2, 0) is 0 Å². The zero-order chi connectivity index (χ0) is 13.1. The van der Waals surface area contributed by atoms with Crippen LogP contribution >= 0.6 is 0 Å². The third-order valence-corrected chi connectivity index (χ3v) is 2.82. The van der Waals surface area contributed by atoms with Crippen LogP contribution in [0.3, 0.4) is 0 Å². The molecule has 0 saturated heterocycles. The predicted octanol–water partition coefficient (Wildman–Crippen LogP) is 2.82. The maximum atomic E-state index is 10.2. The van der Waals surface area contributed by atoms with E-state index in [0.717, 1.165) is 11.1 Å². The lowest BCUT2D eigenvalue weighted by atomic mass is 10.1. The third kappa shape index (κ3) is 2.39. The lowest BCUT2D eigenvalue weighted by Crippen LogP contribution is -1.99. The summed E-state index contributed by atoms with van der Waals surface area (Å²) in [4.78, 5) is 4.23. The molecule has 4 nitrogen and oxygen atoms in total. The van der Waals surface area contributed by atoms with Crippen LogP contribution in [0, 0.1) is 0 Å². The molecule has 1 aromatic heterocycles. The first kappa shape index (κ1) is 11.6. The molecule has 0 aliphatic carbocycles. The van der Waals surface area contributed by atoms with E-state index in [1.165, 1.54) is 0 Å². The lowest BCUT2D eigenvalue weighted by Gasteiger charge is -2.04. The average molecular weight is 252 g/mol. The number of nitrogens with zero attached hydrogens (tertiary/aromatic N) is 2. The van der Waals surface area contributed by atoms with Crippen molar-refractivity contribution in [3.05, 3.63) is 72.1 Å². The SMILES string of the molecule is OC(c1ccccc1)c1nc(-c2ccccc2)no1. The second-order valence-corrected chi connectivity index (χ2v) is 4.14. The van der Waals surface area contributed by atoms with Crippen LogP contribution in [0.5, 0.6) is 0 Å². The van der Waals surface area contributed by atoms with Crippen LogP contribution < -0.4 is 0 Å². The van der Waals surface area contributed by atoms with Crippen molar-refractivity contribution in [1.82, 2.24) is 10.1 Å². The fourth-order valence-electron chi connectivity index (χ4n) is 1.83. The van der Waals surface area contributed by atoms with Crippen molar-refractivity contribution < 1.29 is 9.63 Å². The van der Waals surface area contributed by atoms with Crippen molar-refractivity contribution in [2.24, 2.45) is 0 Å². The Balaban J connectivity index is 1.90. The molecule has 0 spiro atoms. The minimum atomic E-state index is -0.897. The highest BCUT2D eigenvalue weighted by atomic mass is 16.5. The number of rotatable bonds is 3. The molecule has 3 rings (SSSR count). The van der Waals surface area contributed by atoms with Crippen molar-refractivity contribution >= 4 is 0 Å². The van der Waals surface area contributed by atoms with Crippen molar-refractivity contribution in [1.29, 1.82) is 0 Å². The molecule has 0 bridgehead atoms. The lowest BCUT2D eigenvalue weighted by molar-refractivity contribution is 0.170. The molecular formula is C15H12N2O2. The van der Waals surface area contributed by atoms with Gasteiger partial charge in [0, 0.05) is 5.56 Å². The Morgan fingerprint density at radius 3 is 2.21 bits per heavy atom. The number of aliphatic hydroxyl groups is 1. The van der Waals surface area contributed by atoms with Gasteiger partial charge in [-0.3, -0.25) is 0 Å². The summed E-state index contributed by atoms with van der Waals surface area (Å²) in [5.41, 5.74) is 1.59. The summed E-state index contributed by atoms with van der Waals surface area (Å²) in [7, 11) is 0. The van der Waals surface area contributed by atoms with Gasteiger partial charge in [0.25, 0.3) is 5.89 Å². The normalized spacial score (nSPS) is 12.3. The van der Waals surface area contributed by atoms with E-state index in [1.54, 1.807) is 0 Å². The summed E-state index contributed by atoms with van der Waals surface area (Å²) in [6.45, 7) is 0. The molecule has 0 radical (unpaired) electrons. The fourth-order valence-corrected chi connectivity index (χ4v) is 1.83. The molecular weight excluding hydrogens is 240 g/mol. The first-order valence-corrected chi connectivity index (χ1v) is 5.96. The Morgan fingerprint density at radius 1 is 0.895 bits per heavy atom. The zero-order valence-electron chi connectivity index (χ0n) is 10.1. The summed E-state index contributed by atoms with van der Waals surface area (Å²) in [6, 6.07) is 18.7. The zero-order valence-corrected chi connectivity index (χ0v) is 10.1. The molecule has 0 aliphatic rings. The smallest absolute Gasteiger partial charge is 0.260 e. The monoisotopic (exact) mass is 252 g/mol. The van der Waals surface area contributed by atoms with Crippen LogP contribution in [-0.4, -0.2) is 15.2 Å². The van der Waals surface area contributed by atoms with Gasteiger partial charge in [-0.1, -0.05) is 65.8 Å². The van der Waals surface area contributed by atoms with Crippen LogP contribution in [0.2, 0.25) is 0 Å². The van der Waals surface area contributed by atoms with Crippen LogP contribution in [0.1, 0.15) is 17.6 Å². The number of aliphatic hydroxyl groups excluding tert-OH is 1. The molecule has 1 N–H and O–H groups in total. The molecule has 3 aromatic rings. The maximum absolute atomic E-state index is 10.2. The minimum absolute atomic E-state index is 0.199. The Bertz CT molecular complexity index is 650. The van der Waals surface area contributed by atoms with Gasteiger partial charge >= 0.3 is 0 Å². The Kier molecular flexibility index (Phi) is 3.08. The molecule has 1 unspecified atom stereocenters. The summed E-state index contributed by atoms with van der Waals surface area (Å²) >= 11 is 0. The van der Waals surface area contributed by atoms with Crippen LogP contribution in [0.15, 0.2) is 65.2 Å². The molecule has 1 heterocycles. The number of hydrogen-bond donors (Lipinski definition) is 1. The fraction of sp³-hybridized carbons (Fsp3) is 0.0667. The van der Waals surface area contributed by atoms with Crippen molar-refractivity contribution in [3.8, 4) is 11.4 Å². The molecule has 1 atom stereocenters. The van der Waals surface area contributed by atoms with E-state index in [0.29, 0.717) is 5.82 Å². The Morgan fingerprint density at radius 2 is 1.53 bits per heavy atom. The summed E-state index contributed by atoms with van der Waals surface area (Å²) in [5, 5.41) is 14.0. The minimum Gasteiger partial charge on any atom is -0.378 e. The first-order valence-electron chi connectivity index (χ1n) is 5.96. The van der Waals surface area contributed by atoms with Crippen molar-refractivity contribution in [3.63, 3.8) is 0 Å². The molecule has 4 heteroatoms. The van der Waals surface area contributed by atoms with E-state index < -0.39 is 6.10 Å². The standard InChI is InChI=1S/C15H12N2O2/c18-13(11-7-3-1-4-8-11)15-16-14(17-19-15)12-9-5-2-6-10-12/h1-10,13,18H. The van der Waals surface area contributed by atoms with Gasteiger partial charge in [0.15, 0.2) is 6.10 Å². The van der Waals surface area contributed by atoms with Gasteiger partial charge in [0.2, 0.25) is 5.82 Å². The number of hydrogen-bond acceptors (Lipinski definition) is 4. The predicted molar refractivity (Wildman–Crippen MR) is 70.2 cm³/mol. The van der Waals surface area contributed by atoms with Gasteiger partial charge in [0.1, 0.15) is 0 Å². The van der Waals surface area contributed by atoms with Crippen LogP contribution in [0.4, 0.5) is 0 Å². The number of aromatic nitrogens is 2. The molecule has 94 valence electrons. The van der Waals surface area contributed by atoms with Gasteiger partial charge in [-0.25, -0.2) is 0 Å². The van der Waals surface area contributed by atoms with E-state index >= 15 is 0 Å². The summed E-state index contributed by atoms with van der Waals surface area (Å²) in [6.07, 6.45) is -0.897. The van der Waals surface area contributed by atoms with E-state index in [2.05, 4.69) is 10.1 Å². The van der Waals surface area contributed by atoms with E-state index in [9.17, 15) is 5.11 Å². The van der Waals surface area contributed by atoms with Gasteiger partial charge < -0.3 is 9.63 Å². The number of benzene rings is 2. The maximum Gasteiger partial charge on any atom is 0.260 e. The highest BCUT2D eigenvalue weighted by molar-refractivity contribution is 5.53. The third-order valence-electron chi connectivity index (χ3n) is 2.82. The van der Waals surface area contributed by atoms with Gasteiger partial charge in [-0.05, 0) is 5.56 Å². The second-order valence-electron chi connectivity index (χ2n) is 4.14. The molecule has 0 saturated carbocycles. The second kappa shape index (κ2) is 5.04. The van der Waals surface area contributed by atoms with E-state index in [-0.39, 0.29) is 5.89 Å².